The summed E-state index contributed by atoms with van der Waals surface area (Å²) in [6.45, 7) is 23.7. The molecule has 1 aliphatic rings. The van der Waals surface area contributed by atoms with Gasteiger partial charge in [0, 0.05) is 0 Å². The fourth-order valence-corrected chi connectivity index (χ4v) is 3.33. The van der Waals surface area contributed by atoms with E-state index in [2.05, 4.69) is 65.1 Å². The third kappa shape index (κ3) is 12.4. The van der Waals surface area contributed by atoms with Crippen LogP contribution in [0.1, 0.15) is 95.4 Å². The van der Waals surface area contributed by atoms with Gasteiger partial charge in [-0.1, -0.05) is 77.7 Å². The fraction of sp³-hybridized carbons (Fsp3) is 0.538. The zero-order chi connectivity index (χ0) is 20.4. The molecule has 27 heavy (non-hydrogen) atoms. The second kappa shape index (κ2) is 22.5. The van der Waals surface area contributed by atoms with Crippen molar-refractivity contribution in [3.8, 4) is 0 Å². The molecule has 1 aromatic rings. The molecule has 0 bridgehead atoms. The van der Waals surface area contributed by atoms with Crippen molar-refractivity contribution in [2.45, 2.75) is 86.0 Å². The molecule has 0 aromatic heterocycles. The van der Waals surface area contributed by atoms with E-state index in [9.17, 15) is 0 Å². The van der Waals surface area contributed by atoms with E-state index in [1.807, 2.05) is 13.8 Å². The van der Waals surface area contributed by atoms with Gasteiger partial charge in [-0.15, -0.1) is 24.8 Å². The molecule has 0 unspecified atom stereocenters. The maximum Gasteiger partial charge on any atom is 1.00 e. The number of hydrogen-bond acceptors (Lipinski definition) is 0. The van der Waals surface area contributed by atoms with E-state index in [0.29, 0.717) is 5.92 Å². The predicted molar refractivity (Wildman–Crippen MR) is 122 cm³/mol. The third-order valence-corrected chi connectivity index (χ3v) is 4.49. The fourth-order valence-electron chi connectivity index (χ4n) is 3.33. The Hall–Kier alpha value is 0.206. The number of allylic oxidation sites excluding steroid dienone is 1. The molecule has 150 valence electrons. The van der Waals surface area contributed by atoms with E-state index in [0.717, 1.165) is 12.0 Å². The van der Waals surface area contributed by atoms with E-state index < -0.39 is 0 Å². The van der Waals surface area contributed by atoms with Crippen LogP contribution in [0.25, 0.3) is 6.08 Å². The van der Waals surface area contributed by atoms with Gasteiger partial charge in [0.15, 0.2) is 0 Å². The minimum Gasteiger partial charge on any atom is -0.346 e. The number of aryl methyl sites for hydroxylation is 1. The van der Waals surface area contributed by atoms with Gasteiger partial charge in [-0.25, -0.2) is 18.6 Å². The first-order valence-electron chi connectivity index (χ1n) is 10.5. The van der Waals surface area contributed by atoms with Gasteiger partial charge in [0.25, 0.3) is 0 Å². The number of rotatable bonds is 5. The Morgan fingerprint density at radius 3 is 2.11 bits per heavy atom. The first-order valence-corrected chi connectivity index (χ1v) is 10.5. The molecule has 1 saturated carbocycles. The van der Waals surface area contributed by atoms with Crippen LogP contribution in [0.4, 0.5) is 0 Å². The number of hydrogen-bond donors (Lipinski definition) is 0. The summed E-state index contributed by atoms with van der Waals surface area (Å²) in [5, 5.41) is 0. The summed E-state index contributed by atoms with van der Waals surface area (Å²) in [6, 6.07) is 4.45. The van der Waals surface area contributed by atoms with Gasteiger partial charge in [-0.3, -0.25) is 6.08 Å². The van der Waals surface area contributed by atoms with Crippen molar-refractivity contribution >= 4 is 6.08 Å². The van der Waals surface area contributed by atoms with Crippen LogP contribution in [0, 0.1) is 25.8 Å². The molecule has 1 aromatic carbocycles. The SMILES string of the molecule is C=C.CC.[CH2-]C.[CH2-]c1ccc(CCC)c(CC)c1C=[C-]C1CCCCC1.[K+]. The van der Waals surface area contributed by atoms with Crippen molar-refractivity contribution < 1.29 is 51.4 Å². The molecule has 0 atom stereocenters. The maximum absolute atomic E-state index is 4.22. The van der Waals surface area contributed by atoms with Gasteiger partial charge in [0.2, 0.25) is 0 Å². The van der Waals surface area contributed by atoms with Crippen molar-refractivity contribution in [1.82, 2.24) is 0 Å². The van der Waals surface area contributed by atoms with Crippen LogP contribution < -0.4 is 51.4 Å². The average molecular weight is 395 g/mol. The normalized spacial score (nSPS) is 13.1. The summed E-state index contributed by atoms with van der Waals surface area (Å²) in [7, 11) is 0. The van der Waals surface area contributed by atoms with Crippen LogP contribution in [0.2, 0.25) is 0 Å². The Bertz CT molecular complexity index is 467. The Balaban J connectivity index is -0.000000749. The molecule has 0 aliphatic heterocycles. The number of benzene rings is 1. The minimum atomic E-state index is 0. The molecule has 0 spiro atoms. The molecule has 0 radical (unpaired) electrons. The van der Waals surface area contributed by atoms with Crippen LogP contribution in [-0.2, 0) is 12.8 Å². The quantitative estimate of drug-likeness (QED) is 0.354. The summed E-state index contributed by atoms with van der Waals surface area (Å²) >= 11 is 0. The van der Waals surface area contributed by atoms with E-state index in [-0.39, 0.29) is 51.4 Å². The van der Waals surface area contributed by atoms with Crippen LogP contribution >= 0.6 is 0 Å². The van der Waals surface area contributed by atoms with Gasteiger partial charge in [0.1, 0.15) is 0 Å². The van der Waals surface area contributed by atoms with Gasteiger partial charge in [-0.2, -0.15) is 18.6 Å². The van der Waals surface area contributed by atoms with Crippen molar-refractivity contribution in [2.75, 3.05) is 0 Å². The van der Waals surface area contributed by atoms with Crippen LogP contribution in [-0.4, -0.2) is 0 Å². The standard InChI is InChI=1S/C20H28.C2H6.C2H5.C2H4.K/c1-4-9-18-14-12-16(3)20(19(18)5-2)15-13-17-10-7-6-8-11-17;3*1-2;/h12,14-15,17H,3-11H2,1-2H3;1-2H3;1H2,2H3;1-2H2;/q-2;;-1;;+1. The van der Waals surface area contributed by atoms with Crippen molar-refractivity contribution in [3.63, 3.8) is 0 Å². The van der Waals surface area contributed by atoms with Crippen LogP contribution in [0.3, 0.4) is 0 Å². The topological polar surface area (TPSA) is 0 Å². The van der Waals surface area contributed by atoms with E-state index >= 15 is 0 Å². The van der Waals surface area contributed by atoms with E-state index in [1.54, 1.807) is 6.92 Å². The van der Waals surface area contributed by atoms with Crippen molar-refractivity contribution in [3.05, 3.63) is 67.5 Å². The average Bonchev–Trinajstić information content (AvgIpc) is 2.73. The smallest absolute Gasteiger partial charge is 0.346 e. The Kier molecular flexibility index (Phi) is 26.6. The molecule has 1 heteroatoms. The Labute approximate surface area is 214 Å². The maximum atomic E-state index is 4.22. The molecule has 0 N–H and O–H groups in total. The van der Waals surface area contributed by atoms with Crippen molar-refractivity contribution in [2.24, 2.45) is 5.92 Å². The Morgan fingerprint density at radius 1 is 1.07 bits per heavy atom. The van der Waals surface area contributed by atoms with E-state index in [4.69, 9.17) is 0 Å². The second-order valence-electron chi connectivity index (χ2n) is 6.03. The second-order valence-corrected chi connectivity index (χ2v) is 6.03. The van der Waals surface area contributed by atoms with Crippen LogP contribution in [0.15, 0.2) is 25.3 Å². The van der Waals surface area contributed by atoms with Crippen LogP contribution in [0.5, 0.6) is 0 Å². The molecule has 1 aliphatic carbocycles. The molecule has 1 fully saturated rings. The summed E-state index contributed by atoms with van der Waals surface area (Å²) in [4.78, 5) is 0. The molecule has 2 rings (SSSR count). The van der Waals surface area contributed by atoms with Gasteiger partial charge < -0.3 is 6.92 Å². The largest absolute Gasteiger partial charge is 1.00 e. The van der Waals surface area contributed by atoms with Gasteiger partial charge in [0.05, 0.1) is 0 Å². The summed E-state index contributed by atoms with van der Waals surface area (Å²) in [6.07, 6.45) is 16.2. The summed E-state index contributed by atoms with van der Waals surface area (Å²) < 4.78 is 0. The molecular formula is C26H43K-2. The zero-order valence-corrected chi connectivity index (χ0v) is 22.4. The summed E-state index contributed by atoms with van der Waals surface area (Å²) in [5.74, 6) is 0.669. The first kappa shape index (κ1) is 31.9. The third-order valence-electron chi connectivity index (χ3n) is 4.49. The van der Waals surface area contributed by atoms with E-state index in [1.165, 1.54) is 61.6 Å². The molecular weight excluding hydrogens is 351 g/mol. The monoisotopic (exact) mass is 394 g/mol. The molecule has 0 saturated heterocycles. The Morgan fingerprint density at radius 2 is 1.63 bits per heavy atom. The molecule has 0 heterocycles. The van der Waals surface area contributed by atoms with Gasteiger partial charge in [-0.05, 0) is 12.8 Å². The minimum absolute atomic E-state index is 0. The van der Waals surface area contributed by atoms with Crippen molar-refractivity contribution in [1.29, 1.82) is 0 Å². The first-order chi connectivity index (χ1) is 12.8. The molecule has 0 nitrogen and oxygen atoms in total. The predicted octanol–water partition coefficient (Wildman–Crippen LogP) is 5.45. The molecule has 0 amide bonds. The van der Waals surface area contributed by atoms with Gasteiger partial charge >= 0.3 is 51.4 Å². The summed E-state index contributed by atoms with van der Waals surface area (Å²) in [5.41, 5.74) is 5.48. The zero-order valence-electron chi connectivity index (χ0n) is 19.3.